The first kappa shape index (κ1) is 20.1. The number of nitrogens with zero attached hydrogens (tertiary/aromatic N) is 3. The molecule has 3 amide bonds. The van der Waals surface area contributed by atoms with Crippen molar-refractivity contribution in [1.29, 1.82) is 0 Å². The Morgan fingerprint density at radius 3 is 2.42 bits per heavy atom. The summed E-state index contributed by atoms with van der Waals surface area (Å²) in [6, 6.07) is 7.67. The summed E-state index contributed by atoms with van der Waals surface area (Å²) in [5.74, 6) is 0.256. The lowest BCUT2D eigenvalue weighted by Crippen LogP contribution is -2.45. The van der Waals surface area contributed by atoms with Crippen molar-refractivity contribution in [2.45, 2.75) is 32.6 Å². The number of rotatable bonds is 6. The predicted octanol–water partition coefficient (Wildman–Crippen LogP) is 3.26. The second kappa shape index (κ2) is 9.46. The van der Waals surface area contributed by atoms with E-state index in [1.165, 1.54) is 0 Å². The summed E-state index contributed by atoms with van der Waals surface area (Å²) in [4.78, 5) is 30.7. The van der Waals surface area contributed by atoms with Gasteiger partial charge in [-0.1, -0.05) is 25.5 Å². The van der Waals surface area contributed by atoms with Crippen molar-refractivity contribution >= 4 is 23.3 Å². The van der Waals surface area contributed by atoms with Gasteiger partial charge in [0.2, 0.25) is 5.91 Å². The van der Waals surface area contributed by atoms with Crippen LogP contribution in [0.5, 0.6) is 0 Å². The zero-order valence-corrected chi connectivity index (χ0v) is 16.5. The zero-order chi connectivity index (χ0) is 19.1. The largest absolute Gasteiger partial charge is 0.376 e. The molecule has 1 aliphatic rings. The zero-order valence-electron chi connectivity index (χ0n) is 16.5. The van der Waals surface area contributed by atoms with Crippen molar-refractivity contribution in [2.75, 3.05) is 51.0 Å². The molecule has 0 aliphatic carbocycles. The van der Waals surface area contributed by atoms with Crippen molar-refractivity contribution in [1.82, 2.24) is 9.80 Å². The van der Waals surface area contributed by atoms with Gasteiger partial charge < -0.3 is 20.0 Å². The van der Waals surface area contributed by atoms with E-state index < -0.39 is 0 Å². The van der Waals surface area contributed by atoms with E-state index in [0.717, 1.165) is 43.6 Å². The van der Waals surface area contributed by atoms with E-state index in [0.29, 0.717) is 13.1 Å². The minimum Gasteiger partial charge on any atom is -0.376 e. The Hall–Kier alpha value is -2.24. The summed E-state index contributed by atoms with van der Waals surface area (Å²) in [6.45, 7) is 4.18. The minimum absolute atomic E-state index is 0.0370. The summed E-state index contributed by atoms with van der Waals surface area (Å²) in [5.41, 5.74) is 1.78. The van der Waals surface area contributed by atoms with Crippen LogP contribution in [0.25, 0.3) is 0 Å². The molecule has 1 fully saturated rings. The van der Waals surface area contributed by atoms with Crippen LogP contribution in [-0.2, 0) is 4.79 Å². The molecular weight excluding hydrogens is 328 g/mol. The Morgan fingerprint density at radius 1 is 1.15 bits per heavy atom. The standard InChI is InChI=1S/C20H32N4O2/c1-5-6-13-23(4)19(25)16-11-14-24(15-12-16)20(26)21-17-9-7-8-10-18(17)22(2)3/h7-10,16H,5-6,11-15H2,1-4H3,(H,21,26). The normalized spacial score (nSPS) is 14.8. The molecule has 0 aromatic heterocycles. The van der Waals surface area contributed by atoms with E-state index in [2.05, 4.69) is 12.2 Å². The molecule has 1 aliphatic heterocycles. The average Bonchev–Trinajstić information content (AvgIpc) is 2.65. The van der Waals surface area contributed by atoms with Gasteiger partial charge in [-0.15, -0.1) is 0 Å². The Balaban J connectivity index is 1.88. The summed E-state index contributed by atoms with van der Waals surface area (Å²) >= 11 is 0. The van der Waals surface area contributed by atoms with Gasteiger partial charge in [-0.25, -0.2) is 4.79 Å². The number of likely N-dealkylation sites (tertiary alicyclic amines) is 1. The molecule has 144 valence electrons. The fourth-order valence-electron chi connectivity index (χ4n) is 3.31. The first-order valence-corrected chi connectivity index (χ1v) is 9.51. The number of hydrogen-bond acceptors (Lipinski definition) is 3. The number of amides is 3. The Bertz CT molecular complexity index is 610. The number of nitrogens with one attached hydrogen (secondary N) is 1. The van der Waals surface area contributed by atoms with Crippen LogP contribution in [0.2, 0.25) is 0 Å². The minimum atomic E-state index is -0.0930. The van der Waals surface area contributed by atoms with Crippen molar-refractivity contribution < 1.29 is 9.59 Å². The van der Waals surface area contributed by atoms with Gasteiger partial charge in [0.25, 0.3) is 0 Å². The molecule has 0 saturated carbocycles. The van der Waals surface area contributed by atoms with E-state index in [-0.39, 0.29) is 17.9 Å². The molecule has 1 aromatic carbocycles. The van der Waals surface area contributed by atoms with Gasteiger partial charge in [0, 0.05) is 46.7 Å². The van der Waals surface area contributed by atoms with Crippen molar-refractivity contribution in [2.24, 2.45) is 5.92 Å². The van der Waals surface area contributed by atoms with Gasteiger partial charge in [-0.05, 0) is 31.4 Å². The highest BCUT2D eigenvalue weighted by molar-refractivity contribution is 5.93. The molecule has 0 unspecified atom stereocenters. The summed E-state index contributed by atoms with van der Waals surface area (Å²) in [7, 11) is 5.80. The van der Waals surface area contributed by atoms with Crippen LogP contribution in [0, 0.1) is 5.92 Å². The molecule has 1 N–H and O–H groups in total. The van der Waals surface area contributed by atoms with Crippen LogP contribution in [0.3, 0.4) is 0 Å². The number of anilines is 2. The van der Waals surface area contributed by atoms with E-state index in [4.69, 9.17) is 0 Å². The predicted molar refractivity (Wildman–Crippen MR) is 107 cm³/mol. The lowest BCUT2D eigenvalue weighted by atomic mass is 9.95. The molecule has 6 heteroatoms. The Labute approximate surface area is 157 Å². The van der Waals surface area contributed by atoms with E-state index >= 15 is 0 Å². The van der Waals surface area contributed by atoms with Gasteiger partial charge in [0.15, 0.2) is 0 Å². The highest BCUT2D eigenvalue weighted by Gasteiger charge is 2.29. The summed E-state index contributed by atoms with van der Waals surface area (Å²) < 4.78 is 0. The number of para-hydroxylation sites is 2. The molecule has 26 heavy (non-hydrogen) atoms. The van der Waals surface area contributed by atoms with Crippen molar-refractivity contribution in [3.63, 3.8) is 0 Å². The third kappa shape index (κ3) is 5.13. The van der Waals surface area contributed by atoms with Gasteiger partial charge in [-0.2, -0.15) is 0 Å². The van der Waals surface area contributed by atoms with E-state index in [1.807, 2.05) is 60.1 Å². The van der Waals surface area contributed by atoms with Crippen LogP contribution in [-0.4, -0.2) is 62.5 Å². The second-order valence-electron chi connectivity index (χ2n) is 7.22. The first-order chi connectivity index (χ1) is 12.4. The number of hydrogen-bond donors (Lipinski definition) is 1. The maximum Gasteiger partial charge on any atom is 0.321 e. The lowest BCUT2D eigenvalue weighted by molar-refractivity contribution is -0.135. The average molecular weight is 361 g/mol. The highest BCUT2D eigenvalue weighted by atomic mass is 16.2. The summed E-state index contributed by atoms with van der Waals surface area (Å²) in [6.07, 6.45) is 3.59. The molecule has 2 rings (SSSR count). The van der Waals surface area contributed by atoms with Crippen molar-refractivity contribution in [3.8, 4) is 0 Å². The third-order valence-corrected chi connectivity index (χ3v) is 4.98. The molecule has 0 atom stereocenters. The topological polar surface area (TPSA) is 55.9 Å². The molecule has 0 radical (unpaired) electrons. The number of carbonyl (C=O) groups excluding carboxylic acids is 2. The fraction of sp³-hybridized carbons (Fsp3) is 0.600. The number of unbranched alkanes of at least 4 members (excludes halogenated alkanes) is 1. The maximum absolute atomic E-state index is 12.6. The molecule has 1 heterocycles. The Kier molecular flexibility index (Phi) is 7.30. The number of benzene rings is 1. The van der Waals surface area contributed by atoms with Crippen LogP contribution in [0.1, 0.15) is 32.6 Å². The number of urea groups is 1. The van der Waals surface area contributed by atoms with Gasteiger partial charge in [0.1, 0.15) is 0 Å². The van der Waals surface area contributed by atoms with Crippen LogP contribution in [0.4, 0.5) is 16.2 Å². The molecule has 0 bridgehead atoms. The van der Waals surface area contributed by atoms with Crippen LogP contribution in [0.15, 0.2) is 24.3 Å². The molecule has 1 saturated heterocycles. The van der Waals surface area contributed by atoms with E-state index in [9.17, 15) is 9.59 Å². The first-order valence-electron chi connectivity index (χ1n) is 9.51. The Morgan fingerprint density at radius 2 is 1.81 bits per heavy atom. The van der Waals surface area contributed by atoms with Crippen molar-refractivity contribution in [3.05, 3.63) is 24.3 Å². The smallest absolute Gasteiger partial charge is 0.321 e. The molecule has 6 nitrogen and oxygen atoms in total. The molecular formula is C20H32N4O2. The fourth-order valence-corrected chi connectivity index (χ4v) is 3.31. The quantitative estimate of drug-likeness (QED) is 0.847. The van der Waals surface area contributed by atoms with Crippen LogP contribution < -0.4 is 10.2 Å². The van der Waals surface area contributed by atoms with E-state index in [1.54, 1.807) is 0 Å². The van der Waals surface area contributed by atoms with Crippen LogP contribution >= 0.6 is 0 Å². The molecule has 0 spiro atoms. The summed E-state index contributed by atoms with van der Waals surface area (Å²) in [5, 5.41) is 3.01. The highest BCUT2D eigenvalue weighted by Crippen LogP contribution is 2.25. The van der Waals surface area contributed by atoms with Gasteiger partial charge >= 0.3 is 6.03 Å². The van der Waals surface area contributed by atoms with Gasteiger partial charge in [-0.3, -0.25) is 4.79 Å². The maximum atomic E-state index is 12.6. The number of carbonyl (C=O) groups is 2. The SMILES string of the molecule is CCCCN(C)C(=O)C1CCN(C(=O)Nc2ccccc2N(C)C)CC1. The molecule has 1 aromatic rings. The second-order valence-corrected chi connectivity index (χ2v) is 7.22. The monoisotopic (exact) mass is 360 g/mol. The van der Waals surface area contributed by atoms with Gasteiger partial charge in [0.05, 0.1) is 11.4 Å². The number of piperidine rings is 1. The third-order valence-electron chi connectivity index (χ3n) is 4.98. The lowest BCUT2D eigenvalue weighted by Gasteiger charge is -2.33.